The maximum absolute atomic E-state index is 12.6. The topological polar surface area (TPSA) is 92.5 Å². The smallest absolute Gasteiger partial charge is 0.357 e. The lowest BCUT2D eigenvalue weighted by Crippen LogP contribution is -2.37. The molecule has 158 valence electrons. The van der Waals surface area contributed by atoms with Gasteiger partial charge in [-0.15, -0.1) is 11.3 Å². The van der Waals surface area contributed by atoms with Gasteiger partial charge in [0.1, 0.15) is 5.01 Å². The van der Waals surface area contributed by atoms with Gasteiger partial charge in [0.05, 0.1) is 11.5 Å². The summed E-state index contributed by atoms with van der Waals surface area (Å²) in [6.07, 6.45) is -1.92. The number of nitrogens with zero attached hydrogens (tertiary/aromatic N) is 3. The molecule has 0 saturated carbocycles. The molecule has 0 aliphatic rings. The number of halogens is 3. The molecule has 29 heavy (non-hydrogen) atoms. The van der Waals surface area contributed by atoms with E-state index in [4.69, 9.17) is 0 Å². The quantitative estimate of drug-likeness (QED) is 0.205. The highest BCUT2D eigenvalue weighted by Gasteiger charge is 2.33. The number of aryl methyl sites for hydroxylation is 1. The number of guanidine groups is 1. The van der Waals surface area contributed by atoms with Crippen LogP contribution in [-0.4, -0.2) is 29.0 Å². The van der Waals surface area contributed by atoms with E-state index < -0.39 is 16.8 Å². The second-order valence-electron chi connectivity index (χ2n) is 6.13. The number of rotatable bonds is 9. The number of thiazole rings is 1. The highest BCUT2D eigenvalue weighted by Crippen LogP contribution is 2.30. The normalized spacial score (nSPS) is 12.1. The Bertz CT molecular complexity index is 822. The first-order valence-electron chi connectivity index (χ1n) is 9.06. The predicted molar refractivity (Wildman–Crippen MR) is 106 cm³/mol. The Hall–Kier alpha value is -2.69. The van der Waals surface area contributed by atoms with Crippen molar-refractivity contribution in [3.63, 3.8) is 0 Å². The number of nitro benzene ring substituents is 1. The third-order valence-corrected chi connectivity index (χ3v) is 4.72. The van der Waals surface area contributed by atoms with Crippen LogP contribution in [0.1, 0.15) is 36.0 Å². The molecule has 11 heteroatoms. The van der Waals surface area contributed by atoms with Crippen molar-refractivity contribution in [1.82, 2.24) is 15.6 Å². The van der Waals surface area contributed by atoms with Crippen molar-refractivity contribution < 1.29 is 18.1 Å². The van der Waals surface area contributed by atoms with E-state index in [0.717, 1.165) is 41.5 Å². The fourth-order valence-electron chi connectivity index (χ4n) is 2.45. The molecule has 0 fully saturated rings. The summed E-state index contributed by atoms with van der Waals surface area (Å²) in [5, 5.41) is 18.1. The zero-order valence-electron chi connectivity index (χ0n) is 15.8. The Morgan fingerprint density at radius 1 is 1.24 bits per heavy atom. The Morgan fingerprint density at radius 2 is 1.97 bits per heavy atom. The maximum Gasteiger partial charge on any atom is 0.434 e. The van der Waals surface area contributed by atoms with Crippen LogP contribution in [0.3, 0.4) is 0 Å². The summed E-state index contributed by atoms with van der Waals surface area (Å²) in [6, 6.07) is 6.49. The lowest BCUT2D eigenvalue weighted by Gasteiger charge is -2.11. The number of alkyl halides is 3. The van der Waals surface area contributed by atoms with Crippen molar-refractivity contribution in [3.05, 3.63) is 56.0 Å². The fraction of sp³-hybridized carbons (Fsp3) is 0.444. The molecule has 0 unspecified atom stereocenters. The van der Waals surface area contributed by atoms with E-state index in [-0.39, 0.29) is 12.2 Å². The maximum atomic E-state index is 12.6. The minimum absolute atomic E-state index is 0.0683. The molecular formula is C18H22F3N5O2S. The monoisotopic (exact) mass is 429 g/mol. The van der Waals surface area contributed by atoms with Crippen LogP contribution in [0, 0.1) is 10.1 Å². The number of non-ortho nitro benzene ring substituents is 1. The summed E-state index contributed by atoms with van der Waals surface area (Å²) in [6.45, 7) is 3.24. The molecule has 0 spiro atoms. The fourth-order valence-corrected chi connectivity index (χ4v) is 3.17. The predicted octanol–water partition coefficient (Wildman–Crippen LogP) is 4.15. The zero-order chi connectivity index (χ0) is 21.3. The summed E-state index contributed by atoms with van der Waals surface area (Å²) >= 11 is 0.933. The average molecular weight is 429 g/mol. The van der Waals surface area contributed by atoms with Gasteiger partial charge < -0.3 is 10.6 Å². The zero-order valence-corrected chi connectivity index (χ0v) is 16.6. The van der Waals surface area contributed by atoms with Crippen LogP contribution in [0.5, 0.6) is 0 Å². The van der Waals surface area contributed by atoms with E-state index in [1.807, 2.05) is 6.92 Å². The van der Waals surface area contributed by atoms with Crippen LogP contribution in [0.4, 0.5) is 18.9 Å². The highest BCUT2D eigenvalue weighted by atomic mass is 32.1. The lowest BCUT2D eigenvalue weighted by atomic mass is 10.1. The van der Waals surface area contributed by atoms with Crippen molar-refractivity contribution in [2.24, 2.45) is 4.99 Å². The standard InChI is InChI=1S/C18H22F3N5O2S/c1-2-22-17(24-11-16-25-15(12-29-16)18(19,20)21)23-10-4-3-5-13-6-8-14(9-7-13)26(27)28/h6-9,12H,2-5,10-11H2,1H3,(H2,22,23,24). The molecule has 1 aromatic carbocycles. The second kappa shape index (κ2) is 10.7. The van der Waals surface area contributed by atoms with E-state index in [1.165, 1.54) is 12.1 Å². The molecule has 2 aromatic rings. The molecule has 0 atom stereocenters. The lowest BCUT2D eigenvalue weighted by molar-refractivity contribution is -0.384. The van der Waals surface area contributed by atoms with Crippen molar-refractivity contribution in [1.29, 1.82) is 0 Å². The summed E-state index contributed by atoms with van der Waals surface area (Å²) in [4.78, 5) is 18.1. The highest BCUT2D eigenvalue weighted by molar-refractivity contribution is 7.09. The first-order chi connectivity index (χ1) is 13.8. The average Bonchev–Trinajstić information content (AvgIpc) is 3.15. The van der Waals surface area contributed by atoms with Gasteiger partial charge in [-0.2, -0.15) is 13.2 Å². The molecule has 1 aromatic heterocycles. The van der Waals surface area contributed by atoms with Crippen LogP contribution in [0.25, 0.3) is 0 Å². The van der Waals surface area contributed by atoms with Gasteiger partial charge in [0.2, 0.25) is 0 Å². The number of hydrogen-bond acceptors (Lipinski definition) is 5. The van der Waals surface area contributed by atoms with E-state index in [0.29, 0.717) is 24.1 Å². The second-order valence-corrected chi connectivity index (χ2v) is 7.07. The van der Waals surface area contributed by atoms with Gasteiger partial charge >= 0.3 is 6.18 Å². The largest absolute Gasteiger partial charge is 0.434 e. The van der Waals surface area contributed by atoms with E-state index >= 15 is 0 Å². The van der Waals surface area contributed by atoms with Gasteiger partial charge in [0, 0.05) is 30.6 Å². The van der Waals surface area contributed by atoms with Crippen LogP contribution in [0.15, 0.2) is 34.6 Å². The van der Waals surface area contributed by atoms with E-state index in [2.05, 4.69) is 20.6 Å². The van der Waals surface area contributed by atoms with Gasteiger partial charge in [-0.05, 0) is 31.7 Å². The molecule has 0 bridgehead atoms. The molecule has 0 radical (unpaired) electrons. The Labute approximate surface area is 170 Å². The molecule has 1 heterocycles. The molecule has 0 aliphatic heterocycles. The van der Waals surface area contributed by atoms with Gasteiger partial charge in [0.25, 0.3) is 5.69 Å². The molecule has 0 aliphatic carbocycles. The minimum atomic E-state index is -4.44. The molecule has 0 saturated heterocycles. The molecule has 0 amide bonds. The Balaban J connectivity index is 1.76. The number of aliphatic imine (C=N–C) groups is 1. The third-order valence-electron chi connectivity index (χ3n) is 3.89. The SMILES string of the molecule is CCNC(=NCc1nc(C(F)(F)F)cs1)NCCCCc1ccc([N+](=O)[O-])cc1. The number of nitro groups is 1. The van der Waals surface area contributed by atoms with Gasteiger partial charge in [-0.25, -0.2) is 9.98 Å². The number of nitrogens with one attached hydrogen (secondary N) is 2. The van der Waals surface area contributed by atoms with Crippen molar-refractivity contribution in [2.75, 3.05) is 13.1 Å². The van der Waals surface area contributed by atoms with Crippen LogP contribution < -0.4 is 10.6 Å². The molecule has 2 rings (SSSR count). The van der Waals surface area contributed by atoms with E-state index in [9.17, 15) is 23.3 Å². The number of aromatic nitrogens is 1. The molecular weight excluding hydrogens is 407 g/mol. The van der Waals surface area contributed by atoms with Crippen molar-refractivity contribution in [2.45, 2.75) is 38.9 Å². The third kappa shape index (κ3) is 7.68. The van der Waals surface area contributed by atoms with Gasteiger partial charge in [-0.1, -0.05) is 12.1 Å². The summed E-state index contributed by atoms with van der Waals surface area (Å²) in [5.41, 5.74) is 0.210. The van der Waals surface area contributed by atoms with Crippen molar-refractivity contribution >= 4 is 23.0 Å². The number of unbranched alkanes of at least 4 members (excludes halogenated alkanes) is 1. The van der Waals surface area contributed by atoms with Gasteiger partial charge in [0.15, 0.2) is 11.7 Å². The van der Waals surface area contributed by atoms with Crippen LogP contribution >= 0.6 is 11.3 Å². The van der Waals surface area contributed by atoms with Crippen LogP contribution in [-0.2, 0) is 19.1 Å². The first-order valence-corrected chi connectivity index (χ1v) is 9.94. The number of hydrogen-bond donors (Lipinski definition) is 2. The number of benzene rings is 1. The van der Waals surface area contributed by atoms with Gasteiger partial charge in [-0.3, -0.25) is 10.1 Å². The first kappa shape index (κ1) is 22.6. The Kier molecular flexibility index (Phi) is 8.37. The summed E-state index contributed by atoms with van der Waals surface area (Å²) < 4.78 is 37.8. The van der Waals surface area contributed by atoms with E-state index in [1.54, 1.807) is 12.1 Å². The van der Waals surface area contributed by atoms with Crippen LogP contribution in [0.2, 0.25) is 0 Å². The summed E-state index contributed by atoms with van der Waals surface area (Å²) in [5.74, 6) is 0.520. The molecule has 7 nitrogen and oxygen atoms in total. The summed E-state index contributed by atoms with van der Waals surface area (Å²) in [7, 11) is 0. The molecule has 2 N–H and O–H groups in total. The van der Waals surface area contributed by atoms with Crippen molar-refractivity contribution in [3.8, 4) is 0 Å². The Morgan fingerprint density at radius 3 is 2.55 bits per heavy atom. The minimum Gasteiger partial charge on any atom is -0.357 e.